The number of rotatable bonds is 4. The summed E-state index contributed by atoms with van der Waals surface area (Å²) >= 11 is 5.86. The lowest BCUT2D eigenvalue weighted by Crippen LogP contribution is -2.28. The third kappa shape index (κ3) is 5.30. The van der Waals surface area contributed by atoms with Crippen LogP contribution < -0.4 is 0 Å². The van der Waals surface area contributed by atoms with Gasteiger partial charge in [-0.15, -0.1) is 0 Å². The monoisotopic (exact) mass is 284 g/mol. The summed E-state index contributed by atoms with van der Waals surface area (Å²) in [5, 5.41) is 9.38. The number of carbonyl (C=O) groups excluding carboxylic acids is 1. The Morgan fingerprint density at radius 2 is 2.00 bits per heavy atom. The van der Waals surface area contributed by atoms with Crippen molar-refractivity contribution in [1.82, 2.24) is 0 Å². The number of carboxylic acid groups (broad SMARTS) is 1. The van der Waals surface area contributed by atoms with Gasteiger partial charge < -0.3 is 9.84 Å². The fourth-order valence-electron chi connectivity index (χ4n) is 1.61. The molecule has 0 aromatic heterocycles. The van der Waals surface area contributed by atoms with Crippen molar-refractivity contribution in [2.75, 3.05) is 0 Å². The maximum absolute atomic E-state index is 12.1. The molecule has 0 aliphatic carbocycles. The first-order valence-corrected chi connectivity index (χ1v) is 6.27. The van der Waals surface area contributed by atoms with Crippen molar-refractivity contribution in [1.29, 1.82) is 0 Å². The van der Waals surface area contributed by atoms with Crippen LogP contribution in [-0.4, -0.2) is 22.6 Å². The van der Waals surface area contributed by atoms with Crippen molar-refractivity contribution >= 4 is 23.5 Å². The summed E-state index contributed by atoms with van der Waals surface area (Å²) in [6.07, 6.45) is -0.324. The van der Waals surface area contributed by atoms with E-state index in [1.165, 1.54) is 0 Å². The van der Waals surface area contributed by atoms with E-state index in [2.05, 4.69) is 0 Å². The number of hydrogen-bond donors (Lipinski definition) is 1. The predicted molar refractivity (Wildman–Crippen MR) is 72.3 cm³/mol. The lowest BCUT2D eigenvalue weighted by atomic mass is 9.95. The van der Waals surface area contributed by atoms with Crippen LogP contribution in [0.15, 0.2) is 24.3 Å². The second-order valence-electron chi connectivity index (χ2n) is 5.24. The molecule has 0 aliphatic rings. The lowest BCUT2D eigenvalue weighted by Gasteiger charge is -2.23. The first-order chi connectivity index (χ1) is 8.69. The van der Waals surface area contributed by atoms with Gasteiger partial charge in [-0.2, -0.15) is 0 Å². The predicted octanol–water partition coefficient (Wildman–Crippen LogP) is 3.24. The van der Waals surface area contributed by atoms with E-state index in [4.69, 9.17) is 21.4 Å². The van der Waals surface area contributed by atoms with E-state index in [0.717, 1.165) is 0 Å². The molecule has 1 aromatic rings. The Morgan fingerprint density at radius 1 is 1.37 bits per heavy atom. The van der Waals surface area contributed by atoms with E-state index >= 15 is 0 Å². The van der Waals surface area contributed by atoms with Gasteiger partial charge in [0.25, 0.3) is 0 Å². The van der Waals surface area contributed by atoms with Gasteiger partial charge in [-0.05, 0) is 38.5 Å². The highest BCUT2D eigenvalue weighted by Crippen LogP contribution is 2.26. The molecule has 0 aliphatic heterocycles. The summed E-state index contributed by atoms with van der Waals surface area (Å²) in [4.78, 5) is 23.0. The first-order valence-electron chi connectivity index (χ1n) is 5.89. The molecule has 0 spiro atoms. The second kappa shape index (κ2) is 6.06. The number of carboxylic acids is 1. The Morgan fingerprint density at radius 3 is 2.47 bits per heavy atom. The van der Waals surface area contributed by atoms with Crippen molar-refractivity contribution < 1.29 is 19.4 Å². The van der Waals surface area contributed by atoms with Gasteiger partial charge >= 0.3 is 11.9 Å². The second-order valence-corrected chi connectivity index (χ2v) is 5.68. The van der Waals surface area contributed by atoms with E-state index < -0.39 is 23.5 Å². The fourth-order valence-corrected chi connectivity index (χ4v) is 1.81. The molecule has 5 heteroatoms. The van der Waals surface area contributed by atoms with Crippen molar-refractivity contribution in [2.24, 2.45) is 0 Å². The zero-order valence-corrected chi connectivity index (χ0v) is 11.9. The maximum atomic E-state index is 12.1. The molecule has 19 heavy (non-hydrogen) atoms. The van der Waals surface area contributed by atoms with Crippen LogP contribution in [0, 0.1) is 0 Å². The van der Waals surface area contributed by atoms with Gasteiger partial charge in [-0.3, -0.25) is 9.59 Å². The van der Waals surface area contributed by atoms with Crippen molar-refractivity contribution in [3.8, 4) is 0 Å². The summed E-state index contributed by atoms with van der Waals surface area (Å²) in [6.45, 7) is 5.21. The molecule has 0 amide bonds. The summed E-state index contributed by atoms with van der Waals surface area (Å²) in [6, 6.07) is 6.59. The highest BCUT2D eigenvalue weighted by Gasteiger charge is 2.28. The maximum Gasteiger partial charge on any atom is 0.314 e. The normalized spacial score (nSPS) is 12.8. The van der Waals surface area contributed by atoms with Crippen LogP contribution in [0.4, 0.5) is 0 Å². The summed E-state index contributed by atoms with van der Waals surface area (Å²) in [7, 11) is 0. The number of ether oxygens (including phenoxy) is 1. The number of benzene rings is 1. The first kappa shape index (κ1) is 15.5. The number of halogens is 1. The molecule has 0 heterocycles. The molecule has 0 saturated heterocycles. The molecule has 1 rings (SSSR count). The Kier molecular flexibility index (Phi) is 4.95. The smallest absolute Gasteiger partial charge is 0.314 e. The van der Waals surface area contributed by atoms with E-state index in [1.54, 1.807) is 45.0 Å². The van der Waals surface area contributed by atoms with E-state index in [1.807, 2.05) is 0 Å². The molecular formula is C14H17ClO4. The quantitative estimate of drug-likeness (QED) is 0.862. The minimum absolute atomic E-state index is 0.324. The van der Waals surface area contributed by atoms with Gasteiger partial charge in [0.2, 0.25) is 0 Å². The van der Waals surface area contributed by atoms with Crippen LogP contribution in [0.2, 0.25) is 5.02 Å². The highest BCUT2D eigenvalue weighted by atomic mass is 35.5. The zero-order valence-electron chi connectivity index (χ0n) is 11.1. The standard InChI is InChI=1S/C14H17ClO4/c1-14(2,3)19-13(18)11(8-12(16)17)9-5-4-6-10(15)7-9/h4-7,11H,8H2,1-3H3,(H,16,17). The Labute approximate surface area is 117 Å². The third-order valence-corrected chi connectivity index (χ3v) is 2.56. The number of aliphatic carboxylic acids is 1. The van der Waals surface area contributed by atoms with Gasteiger partial charge in [0.05, 0.1) is 12.3 Å². The van der Waals surface area contributed by atoms with Crippen LogP contribution in [-0.2, 0) is 14.3 Å². The molecule has 1 aromatic carbocycles. The molecule has 104 valence electrons. The number of hydrogen-bond acceptors (Lipinski definition) is 3. The van der Waals surface area contributed by atoms with Crippen molar-refractivity contribution in [3.63, 3.8) is 0 Å². The Bertz CT molecular complexity index is 477. The van der Waals surface area contributed by atoms with Gasteiger partial charge in [0, 0.05) is 5.02 Å². The molecule has 0 fully saturated rings. The van der Waals surface area contributed by atoms with Crippen molar-refractivity contribution in [3.05, 3.63) is 34.9 Å². The van der Waals surface area contributed by atoms with Crippen LogP contribution in [0.25, 0.3) is 0 Å². The van der Waals surface area contributed by atoms with Gasteiger partial charge in [0.15, 0.2) is 0 Å². The Balaban J connectivity index is 3.01. The number of carbonyl (C=O) groups is 2. The van der Waals surface area contributed by atoms with Crippen molar-refractivity contribution in [2.45, 2.75) is 38.7 Å². The zero-order chi connectivity index (χ0) is 14.6. The van der Waals surface area contributed by atoms with Gasteiger partial charge in [-0.25, -0.2) is 0 Å². The molecule has 0 saturated carbocycles. The molecule has 0 radical (unpaired) electrons. The van der Waals surface area contributed by atoms with Crippen LogP contribution in [0.5, 0.6) is 0 Å². The minimum atomic E-state index is -1.06. The average molecular weight is 285 g/mol. The largest absolute Gasteiger partial charge is 0.481 e. The highest BCUT2D eigenvalue weighted by molar-refractivity contribution is 6.30. The van der Waals surface area contributed by atoms with E-state index in [-0.39, 0.29) is 6.42 Å². The number of esters is 1. The Hall–Kier alpha value is -1.55. The average Bonchev–Trinajstić information content (AvgIpc) is 2.23. The summed E-state index contributed by atoms with van der Waals surface area (Å²) in [5.74, 6) is -2.47. The van der Waals surface area contributed by atoms with Crippen LogP contribution in [0.3, 0.4) is 0 Å². The topological polar surface area (TPSA) is 63.6 Å². The SMILES string of the molecule is CC(C)(C)OC(=O)C(CC(=O)O)c1cccc(Cl)c1. The fraction of sp³-hybridized carbons (Fsp3) is 0.429. The molecule has 1 N–H and O–H groups in total. The molecule has 1 atom stereocenters. The molecular weight excluding hydrogens is 268 g/mol. The van der Waals surface area contributed by atoms with Crippen LogP contribution >= 0.6 is 11.6 Å². The third-order valence-electron chi connectivity index (χ3n) is 2.32. The minimum Gasteiger partial charge on any atom is -0.481 e. The molecule has 1 unspecified atom stereocenters. The van der Waals surface area contributed by atoms with E-state index in [0.29, 0.717) is 10.6 Å². The summed E-state index contributed by atoms with van der Waals surface area (Å²) in [5.41, 5.74) is -0.115. The van der Waals surface area contributed by atoms with Gasteiger partial charge in [-0.1, -0.05) is 23.7 Å². The molecule has 4 nitrogen and oxygen atoms in total. The van der Waals surface area contributed by atoms with Crippen LogP contribution in [0.1, 0.15) is 38.7 Å². The summed E-state index contributed by atoms with van der Waals surface area (Å²) < 4.78 is 5.25. The van der Waals surface area contributed by atoms with E-state index in [9.17, 15) is 9.59 Å². The lowest BCUT2D eigenvalue weighted by molar-refractivity contribution is -0.159. The van der Waals surface area contributed by atoms with Gasteiger partial charge in [0.1, 0.15) is 5.60 Å². The molecule has 0 bridgehead atoms.